The fourth-order valence-corrected chi connectivity index (χ4v) is 4.13. The molecule has 0 saturated heterocycles. The summed E-state index contributed by atoms with van der Waals surface area (Å²) >= 11 is 5.93. The van der Waals surface area contributed by atoms with Crippen LogP contribution in [0.2, 0.25) is 0 Å². The summed E-state index contributed by atoms with van der Waals surface area (Å²) in [6, 6.07) is 5.06. The van der Waals surface area contributed by atoms with Crippen LogP contribution in [-0.2, 0) is 27.1 Å². The Balaban J connectivity index is 3.21. The Hall–Kier alpha value is -0.620. The van der Waals surface area contributed by atoms with Gasteiger partial charge in [-0.05, 0) is 43.5 Å². The first-order valence-electron chi connectivity index (χ1n) is 7.07. The zero-order chi connectivity index (χ0) is 16.0. The van der Waals surface area contributed by atoms with Crippen molar-refractivity contribution in [3.8, 4) is 0 Å². The van der Waals surface area contributed by atoms with E-state index in [0.717, 1.165) is 17.5 Å². The Kier molecular flexibility index (Phi) is 7.13. The molecular weight excluding hydrogens is 310 g/mol. The van der Waals surface area contributed by atoms with E-state index in [2.05, 4.69) is 0 Å². The SMILES string of the molecule is CCc1ccc(S(=O)(=O)N(CCOC)C(C)C)cc1CCl. The number of rotatable bonds is 8. The molecule has 0 aliphatic rings. The number of methoxy groups -OCH3 is 1. The van der Waals surface area contributed by atoms with Crippen molar-refractivity contribution >= 4 is 21.6 Å². The summed E-state index contributed by atoms with van der Waals surface area (Å²) < 4.78 is 32.0. The predicted octanol–water partition coefficient (Wildman–Crippen LogP) is 3.03. The van der Waals surface area contributed by atoms with Gasteiger partial charge < -0.3 is 4.74 Å². The molecule has 1 aromatic carbocycles. The summed E-state index contributed by atoms with van der Waals surface area (Å²) in [7, 11) is -1.97. The summed E-state index contributed by atoms with van der Waals surface area (Å²) in [6.45, 7) is 6.44. The molecule has 120 valence electrons. The zero-order valence-electron chi connectivity index (χ0n) is 13.1. The fraction of sp³-hybridized carbons (Fsp3) is 0.600. The summed E-state index contributed by atoms with van der Waals surface area (Å²) in [5.74, 6) is 0.312. The molecule has 0 fully saturated rings. The normalized spacial score (nSPS) is 12.3. The number of aryl methyl sites for hydroxylation is 1. The molecule has 0 aliphatic carbocycles. The van der Waals surface area contributed by atoms with E-state index in [4.69, 9.17) is 16.3 Å². The van der Waals surface area contributed by atoms with Crippen LogP contribution in [0, 0.1) is 0 Å². The van der Waals surface area contributed by atoms with Crippen LogP contribution in [0.25, 0.3) is 0 Å². The van der Waals surface area contributed by atoms with Crippen molar-refractivity contribution in [3.63, 3.8) is 0 Å². The molecule has 6 heteroatoms. The van der Waals surface area contributed by atoms with Crippen molar-refractivity contribution in [3.05, 3.63) is 29.3 Å². The largest absolute Gasteiger partial charge is 0.383 e. The molecule has 1 aromatic rings. The third-order valence-electron chi connectivity index (χ3n) is 3.40. The molecule has 0 unspecified atom stereocenters. The average molecular weight is 334 g/mol. The summed E-state index contributed by atoms with van der Waals surface area (Å²) in [5, 5.41) is 0. The lowest BCUT2D eigenvalue weighted by Crippen LogP contribution is -2.39. The lowest BCUT2D eigenvalue weighted by Gasteiger charge is -2.26. The van der Waals surface area contributed by atoms with E-state index in [1.54, 1.807) is 19.2 Å². The van der Waals surface area contributed by atoms with Crippen LogP contribution in [0.15, 0.2) is 23.1 Å². The maximum Gasteiger partial charge on any atom is 0.243 e. The molecule has 0 N–H and O–H groups in total. The monoisotopic (exact) mass is 333 g/mol. The highest BCUT2D eigenvalue weighted by Gasteiger charge is 2.27. The first-order valence-corrected chi connectivity index (χ1v) is 9.04. The van der Waals surface area contributed by atoms with Crippen molar-refractivity contribution in [2.24, 2.45) is 0 Å². The number of nitrogens with zero attached hydrogens (tertiary/aromatic N) is 1. The van der Waals surface area contributed by atoms with Crippen LogP contribution in [0.1, 0.15) is 31.9 Å². The minimum absolute atomic E-state index is 0.129. The number of ether oxygens (including phenoxy) is 1. The molecule has 0 aromatic heterocycles. The second-order valence-corrected chi connectivity index (χ2v) is 7.28. The first-order chi connectivity index (χ1) is 9.88. The second-order valence-electron chi connectivity index (χ2n) is 5.12. The number of hydrogen-bond acceptors (Lipinski definition) is 3. The van der Waals surface area contributed by atoms with Crippen LogP contribution in [0.4, 0.5) is 0 Å². The molecular formula is C15H24ClNO3S. The number of hydrogen-bond donors (Lipinski definition) is 0. The maximum atomic E-state index is 12.8. The lowest BCUT2D eigenvalue weighted by atomic mass is 10.1. The molecule has 0 heterocycles. The minimum atomic E-state index is -3.54. The second kappa shape index (κ2) is 8.13. The van der Waals surface area contributed by atoms with Crippen molar-refractivity contribution < 1.29 is 13.2 Å². The lowest BCUT2D eigenvalue weighted by molar-refractivity contribution is 0.171. The van der Waals surface area contributed by atoms with Gasteiger partial charge in [0.25, 0.3) is 0 Å². The van der Waals surface area contributed by atoms with Gasteiger partial charge in [-0.3, -0.25) is 0 Å². The molecule has 0 aliphatic heterocycles. The van der Waals surface area contributed by atoms with Gasteiger partial charge in [0.15, 0.2) is 0 Å². The Bertz CT molecular complexity index is 558. The number of sulfonamides is 1. The Morgan fingerprint density at radius 2 is 1.95 bits per heavy atom. The van der Waals surface area contributed by atoms with E-state index in [9.17, 15) is 8.42 Å². The van der Waals surface area contributed by atoms with Gasteiger partial charge in [0.2, 0.25) is 10.0 Å². The van der Waals surface area contributed by atoms with E-state index in [-0.39, 0.29) is 6.04 Å². The van der Waals surface area contributed by atoms with E-state index in [1.807, 2.05) is 26.8 Å². The van der Waals surface area contributed by atoms with Crippen LogP contribution >= 0.6 is 11.6 Å². The minimum Gasteiger partial charge on any atom is -0.383 e. The first kappa shape index (κ1) is 18.4. The standard InChI is InChI=1S/C15H24ClNO3S/c1-5-13-6-7-15(10-14(13)11-16)21(18,19)17(12(2)3)8-9-20-4/h6-7,10,12H,5,8-9,11H2,1-4H3. The van der Waals surface area contributed by atoms with Gasteiger partial charge in [-0.1, -0.05) is 13.0 Å². The maximum absolute atomic E-state index is 12.8. The van der Waals surface area contributed by atoms with Crippen LogP contribution in [0.5, 0.6) is 0 Å². The van der Waals surface area contributed by atoms with Crippen LogP contribution < -0.4 is 0 Å². The highest BCUT2D eigenvalue weighted by Crippen LogP contribution is 2.23. The molecule has 0 radical (unpaired) electrons. The topological polar surface area (TPSA) is 46.6 Å². The molecule has 0 spiro atoms. The Labute approximate surface area is 133 Å². The van der Waals surface area contributed by atoms with Gasteiger partial charge in [-0.2, -0.15) is 4.31 Å². The molecule has 1 rings (SSSR count). The predicted molar refractivity (Wildman–Crippen MR) is 86.3 cm³/mol. The van der Waals surface area contributed by atoms with Gasteiger partial charge in [-0.15, -0.1) is 11.6 Å². The van der Waals surface area contributed by atoms with E-state index >= 15 is 0 Å². The van der Waals surface area contributed by atoms with Crippen molar-refractivity contribution in [1.29, 1.82) is 0 Å². The van der Waals surface area contributed by atoms with Gasteiger partial charge in [0.05, 0.1) is 11.5 Å². The Morgan fingerprint density at radius 1 is 1.29 bits per heavy atom. The molecule has 0 saturated carbocycles. The molecule has 0 atom stereocenters. The van der Waals surface area contributed by atoms with Crippen molar-refractivity contribution in [2.75, 3.05) is 20.3 Å². The average Bonchev–Trinajstić information content (AvgIpc) is 2.46. The van der Waals surface area contributed by atoms with Gasteiger partial charge >= 0.3 is 0 Å². The van der Waals surface area contributed by atoms with Gasteiger partial charge in [0, 0.05) is 25.6 Å². The molecule has 0 amide bonds. The van der Waals surface area contributed by atoms with E-state index < -0.39 is 10.0 Å². The summed E-state index contributed by atoms with van der Waals surface area (Å²) in [5.41, 5.74) is 1.95. The van der Waals surface area contributed by atoms with Crippen molar-refractivity contribution in [1.82, 2.24) is 4.31 Å². The third-order valence-corrected chi connectivity index (χ3v) is 5.76. The number of alkyl halides is 1. The zero-order valence-corrected chi connectivity index (χ0v) is 14.7. The number of halogens is 1. The van der Waals surface area contributed by atoms with Crippen molar-refractivity contribution in [2.45, 2.75) is 44.0 Å². The highest BCUT2D eigenvalue weighted by molar-refractivity contribution is 7.89. The molecule has 4 nitrogen and oxygen atoms in total. The Morgan fingerprint density at radius 3 is 2.43 bits per heavy atom. The molecule has 0 bridgehead atoms. The van der Waals surface area contributed by atoms with Crippen LogP contribution in [0.3, 0.4) is 0 Å². The highest BCUT2D eigenvalue weighted by atomic mass is 35.5. The molecule has 21 heavy (non-hydrogen) atoms. The third kappa shape index (κ3) is 4.42. The summed E-state index contributed by atoms with van der Waals surface area (Å²) in [6.07, 6.45) is 0.833. The fourth-order valence-electron chi connectivity index (χ4n) is 2.20. The number of benzene rings is 1. The van der Waals surface area contributed by atoms with Crippen LogP contribution in [-0.4, -0.2) is 39.0 Å². The smallest absolute Gasteiger partial charge is 0.243 e. The summed E-state index contributed by atoms with van der Waals surface area (Å²) in [4.78, 5) is 0.292. The van der Waals surface area contributed by atoms with Gasteiger partial charge in [-0.25, -0.2) is 8.42 Å². The van der Waals surface area contributed by atoms with E-state index in [0.29, 0.717) is 23.9 Å². The quantitative estimate of drug-likeness (QED) is 0.687. The van der Waals surface area contributed by atoms with E-state index in [1.165, 1.54) is 4.31 Å². The van der Waals surface area contributed by atoms with Gasteiger partial charge in [0.1, 0.15) is 0 Å².